The molecule has 0 aliphatic rings. The Balaban J connectivity index is 4.00. The van der Waals surface area contributed by atoms with E-state index in [0.29, 0.717) is 0 Å². The second kappa shape index (κ2) is 14.1. The van der Waals surface area contributed by atoms with Gasteiger partial charge in [-0.3, -0.25) is 0 Å². The van der Waals surface area contributed by atoms with Crippen molar-refractivity contribution < 1.29 is 15.0 Å². The van der Waals surface area contributed by atoms with Crippen molar-refractivity contribution in [2.75, 3.05) is 39.9 Å². The summed E-state index contributed by atoms with van der Waals surface area (Å²) in [6.07, 6.45) is 2.43. The average molecular weight is 479 g/mol. The summed E-state index contributed by atoms with van der Waals surface area (Å²) >= 11 is -2.93. The molecule has 0 aliphatic carbocycles. The second-order valence-electron chi connectivity index (χ2n) is 4.98. The standard InChI is InChI=1S/2C5H14OSSi.2CH3O.Sn/c2*1-6-8(2)5-3-4-7;2*1-2;/h2*7-8H,3-5H2,1-2H3;2*1H3;/q;;2*-1;+4/p-2. The summed E-state index contributed by atoms with van der Waals surface area (Å²) < 4.78 is 22.5. The first-order valence-electron chi connectivity index (χ1n) is 7.47. The molecule has 0 bridgehead atoms. The Morgan fingerprint density at radius 1 is 0.762 bits per heavy atom. The summed E-state index contributed by atoms with van der Waals surface area (Å²) in [6, 6.07) is 2.47. The molecular weight excluding hydrogens is 447 g/mol. The van der Waals surface area contributed by atoms with Gasteiger partial charge in [-0.05, 0) is 0 Å². The molecule has 0 fully saturated rings. The van der Waals surface area contributed by atoms with E-state index in [4.69, 9.17) is 15.0 Å². The molecule has 0 spiro atoms. The van der Waals surface area contributed by atoms with E-state index in [1.54, 1.807) is 0 Å². The van der Waals surface area contributed by atoms with Gasteiger partial charge in [0.15, 0.2) is 0 Å². The average Bonchev–Trinajstić information content (AvgIpc) is 2.53. The minimum atomic E-state index is -2.93. The van der Waals surface area contributed by atoms with Gasteiger partial charge in [0.25, 0.3) is 0 Å². The summed E-state index contributed by atoms with van der Waals surface area (Å²) in [5, 5.41) is 0. The van der Waals surface area contributed by atoms with Crippen molar-refractivity contribution in [1.29, 1.82) is 0 Å². The number of hydrogen-bond acceptors (Lipinski definition) is 6. The van der Waals surface area contributed by atoms with Crippen molar-refractivity contribution in [1.82, 2.24) is 0 Å². The van der Waals surface area contributed by atoms with Gasteiger partial charge in [0, 0.05) is 0 Å². The second-order valence-corrected chi connectivity index (χ2v) is 30.8. The molecule has 21 heavy (non-hydrogen) atoms. The van der Waals surface area contributed by atoms with Crippen molar-refractivity contribution >= 4 is 52.4 Å². The number of hydrogen-bond donors (Lipinski definition) is 0. The molecule has 0 N–H and O–H groups in total. The molecule has 0 rings (SSSR count). The molecule has 0 saturated carbocycles. The summed E-state index contributed by atoms with van der Waals surface area (Å²) in [7, 11) is 9.39. The van der Waals surface area contributed by atoms with E-state index >= 15 is 0 Å². The van der Waals surface area contributed by atoms with Crippen LogP contribution in [0.25, 0.3) is 0 Å². The van der Waals surface area contributed by atoms with E-state index in [-0.39, 0.29) is 0 Å². The van der Waals surface area contributed by atoms with Gasteiger partial charge in [-0.25, -0.2) is 0 Å². The molecule has 0 radical (unpaired) electrons. The van der Waals surface area contributed by atoms with Crippen LogP contribution in [0.15, 0.2) is 0 Å². The van der Waals surface area contributed by atoms with Crippen LogP contribution in [0.5, 0.6) is 0 Å². The molecule has 2 unspecified atom stereocenters. The Labute approximate surface area is 144 Å². The minimum absolute atomic E-state index is 0.915. The van der Waals surface area contributed by atoms with Gasteiger partial charge in [0.1, 0.15) is 0 Å². The van der Waals surface area contributed by atoms with Crippen molar-refractivity contribution in [3.63, 3.8) is 0 Å². The molecular formula is C12H32O4S2Si2Sn. The zero-order chi connectivity index (χ0) is 16.1. The number of rotatable bonds is 14. The predicted octanol–water partition coefficient (Wildman–Crippen LogP) is 2.96. The Morgan fingerprint density at radius 2 is 1.14 bits per heavy atom. The molecule has 0 aromatic heterocycles. The summed E-state index contributed by atoms with van der Waals surface area (Å²) in [5.74, 6) is 2.27. The Bertz CT molecular complexity index is 231. The van der Waals surface area contributed by atoms with Gasteiger partial charge in [-0.1, -0.05) is 0 Å². The van der Waals surface area contributed by atoms with E-state index < -0.39 is 34.5 Å². The van der Waals surface area contributed by atoms with Crippen LogP contribution in [0.4, 0.5) is 0 Å². The van der Waals surface area contributed by atoms with E-state index in [1.807, 2.05) is 46.3 Å². The Morgan fingerprint density at radius 3 is 1.43 bits per heavy atom. The van der Waals surface area contributed by atoms with Gasteiger partial charge >= 0.3 is 145 Å². The zero-order valence-corrected chi connectivity index (χ0v) is 21.1. The first-order valence-corrected chi connectivity index (χ1v) is 23.6. The predicted molar refractivity (Wildman–Crippen MR) is 104 cm³/mol. The van der Waals surface area contributed by atoms with E-state index in [2.05, 4.69) is 13.1 Å². The van der Waals surface area contributed by atoms with Crippen LogP contribution in [0, 0.1) is 0 Å². The molecule has 0 amide bonds. The van der Waals surface area contributed by atoms with Crippen molar-refractivity contribution in [2.45, 2.75) is 38.0 Å². The third kappa shape index (κ3) is 11.0. The fourth-order valence-electron chi connectivity index (χ4n) is 1.73. The molecule has 0 aromatic carbocycles. The zero-order valence-electron chi connectivity index (χ0n) is 14.3. The van der Waals surface area contributed by atoms with Crippen LogP contribution >= 0.6 is 17.9 Å². The van der Waals surface area contributed by atoms with Crippen LogP contribution in [0.1, 0.15) is 12.8 Å². The SMILES string of the molecule is CO[SiH](C)CCC[S][Sn]([O]C)([O]C)[S]CCC[SiH](C)OC. The first kappa shape index (κ1) is 22.8. The normalized spacial score (nSPS) is 15.1. The fourth-order valence-corrected chi connectivity index (χ4v) is 23.0. The quantitative estimate of drug-likeness (QED) is 0.282. The van der Waals surface area contributed by atoms with E-state index in [1.165, 1.54) is 24.9 Å². The van der Waals surface area contributed by atoms with Crippen molar-refractivity contribution in [3.8, 4) is 0 Å². The van der Waals surface area contributed by atoms with Crippen LogP contribution in [-0.2, 0) is 15.0 Å². The van der Waals surface area contributed by atoms with Gasteiger partial charge in [-0.2, -0.15) is 0 Å². The fraction of sp³-hybridized carbons (Fsp3) is 1.00. The van der Waals surface area contributed by atoms with Crippen molar-refractivity contribution in [2.24, 2.45) is 0 Å². The van der Waals surface area contributed by atoms with Gasteiger partial charge in [0.05, 0.1) is 0 Å². The summed E-state index contributed by atoms with van der Waals surface area (Å²) in [6.45, 7) is 4.51. The maximum absolute atomic E-state index is 5.83. The molecule has 0 aromatic rings. The topological polar surface area (TPSA) is 36.9 Å². The van der Waals surface area contributed by atoms with Gasteiger partial charge in [0.2, 0.25) is 0 Å². The third-order valence-electron chi connectivity index (χ3n) is 3.37. The van der Waals surface area contributed by atoms with Crippen LogP contribution < -0.4 is 0 Å². The maximum atomic E-state index is 5.83. The van der Waals surface area contributed by atoms with Crippen LogP contribution in [0.2, 0.25) is 25.2 Å². The molecule has 0 heterocycles. The monoisotopic (exact) mass is 480 g/mol. The van der Waals surface area contributed by atoms with E-state index in [9.17, 15) is 0 Å². The Kier molecular flexibility index (Phi) is 15.3. The molecule has 0 saturated heterocycles. The van der Waals surface area contributed by atoms with Crippen molar-refractivity contribution in [3.05, 3.63) is 0 Å². The molecule has 128 valence electrons. The van der Waals surface area contributed by atoms with Gasteiger partial charge in [-0.15, -0.1) is 0 Å². The van der Waals surface area contributed by atoms with Gasteiger partial charge < -0.3 is 0 Å². The van der Waals surface area contributed by atoms with Crippen LogP contribution in [-0.4, -0.2) is 74.5 Å². The Hall–Kier alpha value is 1.77. The molecule has 4 nitrogen and oxygen atoms in total. The summed E-state index contributed by atoms with van der Waals surface area (Å²) in [4.78, 5) is 0. The first-order chi connectivity index (χ1) is 10.0. The third-order valence-corrected chi connectivity index (χ3v) is 30.7. The van der Waals surface area contributed by atoms with E-state index in [0.717, 1.165) is 11.5 Å². The van der Waals surface area contributed by atoms with Crippen LogP contribution in [0.3, 0.4) is 0 Å². The summed E-state index contributed by atoms with van der Waals surface area (Å²) in [5.41, 5.74) is 0. The molecule has 0 aliphatic heterocycles. The molecule has 9 heteroatoms. The molecule has 2 atom stereocenters.